The number of sulfonamides is 1. The molecule has 2 rings (SSSR count). The lowest BCUT2D eigenvalue weighted by molar-refractivity contribution is 0.423. The van der Waals surface area contributed by atoms with Crippen LogP contribution in [0.5, 0.6) is 0 Å². The van der Waals surface area contributed by atoms with Crippen LogP contribution >= 0.6 is 11.8 Å². The van der Waals surface area contributed by atoms with E-state index in [4.69, 9.17) is 0 Å². The van der Waals surface area contributed by atoms with Crippen LogP contribution in [0.1, 0.15) is 25.7 Å². The molecule has 2 unspecified atom stereocenters. The van der Waals surface area contributed by atoms with Crippen LogP contribution in [0.15, 0.2) is 17.3 Å². The fourth-order valence-electron chi connectivity index (χ4n) is 2.17. The van der Waals surface area contributed by atoms with Gasteiger partial charge in [-0.1, -0.05) is 12.8 Å². The van der Waals surface area contributed by atoms with Crippen molar-refractivity contribution in [2.45, 2.75) is 41.9 Å². The van der Waals surface area contributed by atoms with Crippen LogP contribution in [-0.4, -0.2) is 36.2 Å². The molecule has 0 bridgehead atoms. The quantitative estimate of drug-likeness (QED) is 0.870. The summed E-state index contributed by atoms with van der Waals surface area (Å²) in [5.41, 5.74) is 0. The molecule has 0 spiro atoms. The Morgan fingerprint density at radius 3 is 2.88 bits per heavy atom. The van der Waals surface area contributed by atoms with Crippen LogP contribution in [0, 0.1) is 0 Å². The van der Waals surface area contributed by atoms with Crippen molar-refractivity contribution in [1.29, 1.82) is 0 Å². The van der Waals surface area contributed by atoms with Crippen LogP contribution in [-0.2, 0) is 10.0 Å². The smallest absolute Gasteiger partial charge is 0.243 e. The summed E-state index contributed by atoms with van der Waals surface area (Å²) in [5, 5.41) is 6.58. The first-order valence-corrected chi connectivity index (χ1v) is 8.44. The summed E-state index contributed by atoms with van der Waals surface area (Å²) in [6.45, 7) is 0. The molecule has 2 N–H and O–H groups in total. The third-order valence-electron chi connectivity index (χ3n) is 3.10. The second-order valence-corrected chi connectivity index (χ2v) is 7.01. The van der Waals surface area contributed by atoms with Crippen molar-refractivity contribution in [3.8, 4) is 0 Å². The van der Waals surface area contributed by atoms with Crippen molar-refractivity contribution >= 4 is 21.8 Å². The van der Waals surface area contributed by atoms with Gasteiger partial charge in [-0.3, -0.25) is 5.10 Å². The molecular formula is C10H17N3O2S2. The van der Waals surface area contributed by atoms with Crippen molar-refractivity contribution in [3.63, 3.8) is 0 Å². The Balaban J connectivity index is 2.09. The monoisotopic (exact) mass is 275 g/mol. The molecule has 1 heterocycles. The SMILES string of the molecule is CSC1CCCCC1NS(=O)(=O)c1cn[nH]c1. The summed E-state index contributed by atoms with van der Waals surface area (Å²) in [6.07, 6.45) is 9.06. The van der Waals surface area contributed by atoms with E-state index in [9.17, 15) is 8.42 Å². The van der Waals surface area contributed by atoms with Crippen LogP contribution in [0.2, 0.25) is 0 Å². The third kappa shape index (κ3) is 3.02. The maximum absolute atomic E-state index is 12.0. The number of hydrogen-bond acceptors (Lipinski definition) is 4. The number of nitrogens with zero attached hydrogens (tertiary/aromatic N) is 1. The largest absolute Gasteiger partial charge is 0.284 e. The molecule has 2 atom stereocenters. The molecule has 1 aliphatic carbocycles. The summed E-state index contributed by atoms with van der Waals surface area (Å²) in [6, 6.07) is 0.0404. The highest BCUT2D eigenvalue weighted by Crippen LogP contribution is 2.28. The van der Waals surface area contributed by atoms with Crippen molar-refractivity contribution in [2.75, 3.05) is 6.26 Å². The fourth-order valence-corrected chi connectivity index (χ4v) is 4.40. The second-order valence-electron chi connectivity index (χ2n) is 4.22. The predicted molar refractivity (Wildman–Crippen MR) is 68.5 cm³/mol. The highest BCUT2D eigenvalue weighted by Gasteiger charge is 2.29. The van der Waals surface area contributed by atoms with Crippen LogP contribution in [0.4, 0.5) is 0 Å². The predicted octanol–water partition coefficient (Wildman–Crippen LogP) is 1.36. The van der Waals surface area contributed by atoms with Gasteiger partial charge in [-0.2, -0.15) is 16.9 Å². The molecule has 1 aliphatic rings. The number of thioether (sulfide) groups is 1. The van der Waals surface area contributed by atoms with Gasteiger partial charge >= 0.3 is 0 Å². The normalized spacial score (nSPS) is 25.9. The summed E-state index contributed by atoms with van der Waals surface area (Å²) < 4.78 is 26.9. The fraction of sp³-hybridized carbons (Fsp3) is 0.700. The van der Waals surface area contributed by atoms with Crippen LogP contribution < -0.4 is 4.72 Å². The lowest BCUT2D eigenvalue weighted by Gasteiger charge is -2.30. The maximum atomic E-state index is 12.0. The molecule has 7 heteroatoms. The average molecular weight is 275 g/mol. The van der Waals surface area contributed by atoms with Gasteiger partial charge in [0, 0.05) is 17.5 Å². The molecule has 1 aromatic rings. The number of rotatable bonds is 4. The molecule has 0 amide bonds. The number of H-pyrrole nitrogens is 1. The van der Waals surface area contributed by atoms with Gasteiger partial charge in [-0.05, 0) is 19.1 Å². The molecule has 0 aromatic carbocycles. The molecule has 0 aliphatic heterocycles. The average Bonchev–Trinajstić information content (AvgIpc) is 2.83. The van der Waals surface area contributed by atoms with Gasteiger partial charge in [0.25, 0.3) is 0 Å². The highest BCUT2D eigenvalue weighted by atomic mass is 32.2. The molecule has 1 aromatic heterocycles. The lowest BCUT2D eigenvalue weighted by Crippen LogP contribution is -2.43. The summed E-state index contributed by atoms with van der Waals surface area (Å²) in [4.78, 5) is 0.211. The van der Waals surface area contributed by atoms with E-state index in [1.165, 1.54) is 18.8 Å². The minimum atomic E-state index is -3.42. The number of hydrogen-bond donors (Lipinski definition) is 2. The number of nitrogens with one attached hydrogen (secondary N) is 2. The van der Waals surface area contributed by atoms with E-state index in [0.717, 1.165) is 19.3 Å². The van der Waals surface area contributed by atoms with E-state index in [-0.39, 0.29) is 10.9 Å². The van der Waals surface area contributed by atoms with Crippen LogP contribution in [0.25, 0.3) is 0 Å². The Hall–Kier alpha value is -0.530. The van der Waals surface area contributed by atoms with Gasteiger partial charge in [-0.25, -0.2) is 13.1 Å². The van der Waals surface area contributed by atoms with E-state index < -0.39 is 10.0 Å². The van der Waals surface area contributed by atoms with Crippen molar-refractivity contribution in [2.24, 2.45) is 0 Å². The Morgan fingerprint density at radius 2 is 2.24 bits per heavy atom. The summed E-state index contributed by atoms with van der Waals surface area (Å²) in [5.74, 6) is 0. The topological polar surface area (TPSA) is 74.8 Å². The highest BCUT2D eigenvalue weighted by molar-refractivity contribution is 7.99. The summed E-state index contributed by atoms with van der Waals surface area (Å²) in [7, 11) is -3.42. The number of aromatic amines is 1. The zero-order valence-electron chi connectivity index (χ0n) is 9.72. The lowest BCUT2D eigenvalue weighted by atomic mass is 9.96. The molecule has 0 saturated heterocycles. The van der Waals surface area contributed by atoms with Gasteiger partial charge in [0.1, 0.15) is 4.90 Å². The Morgan fingerprint density at radius 1 is 1.47 bits per heavy atom. The Kier molecular flexibility index (Phi) is 4.11. The van der Waals surface area contributed by atoms with Crippen molar-refractivity contribution in [1.82, 2.24) is 14.9 Å². The minimum absolute atomic E-state index is 0.0404. The molecular weight excluding hydrogens is 258 g/mol. The first-order chi connectivity index (χ1) is 8.13. The Labute approximate surface area is 106 Å². The molecule has 0 radical (unpaired) electrons. The maximum Gasteiger partial charge on any atom is 0.243 e. The van der Waals surface area contributed by atoms with Gasteiger partial charge in [-0.15, -0.1) is 0 Å². The van der Waals surface area contributed by atoms with E-state index in [1.807, 2.05) is 6.26 Å². The van der Waals surface area contributed by atoms with Crippen molar-refractivity contribution in [3.05, 3.63) is 12.4 Å². The first-order valence-electron chi connectivity index (χ1n) is 5.67. The van der Waals surface area contributed by atoms with Crippen molar-refractivity contribution < 1.29 is 8.42 Å². The standard InChI is InChI=1S/C10H17N3O2S2/c1-16-10-5-3-2-4-9(10)13-17(14,15)8-6-11-12-7-8/h6-7,9-10,13H,2-5H2,1H3,(H,11,12). The molecule has 1 saturated carbocycles. The number of aromatic nitrogens is 2. The van der Waals surface area contributed by atoms with Gasteiger partial charge in [0.15, 0.2) is 0 Å². The van der Waals surface area contributed by atoms with E-state index in [0.29, 0.717) is 5.25 Å². The zero-order chi connectivity index (χ0) is 12.3. The molecule has 5 nitrogen and oxygen atoms in total. The molecule has 1 fully saturated rings. The second kappa shape index (κ2) is 5.41. The van der Waals surface area contributed by atoms with E-state index >= 15 is 0 Å². The summed E-state index contributed by atoms with van der Waals surface area (Å²) >= 11 is 1.74. The molecule has 96 valence electrons. The van der Waals surface area contributed by atoms with Gasteiger partial charge in [0.05, 0.1) is 6.20 Å². The third-order valence-corrected chi connectivity index (χ3v) is 5.72. The molecule has 17 heavy (non-hydrogen) atoms. The first kappa shape index (κ1) is 12.9. The van der Waals surface area contributed by atoms with Gasteiger partial charge in [0.2, 0.25) is 10.0 Å². The van der Waals surface area contributed by atoms with E-state index in [2.05, 4.69) is 14.9 Å². The minimum Gasteiger partial charge on any atom is -0.284 e. The van der Waals surface area contributed by atoms with Gasteiger partial charge < -0.3 is 0 Å². The Bertz CT molecular complexity index is 444. The zero-order valence-corrected chi connectivity index (χ0v) is 11.4. The van der Waals surface area contributed by atoms with Crippen LogP contribution in [0.3, 0.4) is 0 Å². The van der Waals surface area contributed by atoms with E-state index in [1.54, 1.807) is 11.8 Å².